The zero-order valence-corrected chi connectivity index (χ0v) is 10.4. The van der Waals surface area contributed by atoms with Gasteiger partial charge in [-0.1, -0.05) is 23.7 Å². The lowest BCUT2D eigenvalue weighted by Gasteiger charge is -2.06. The molecule has 0 saturated carbocycles. The lowest BCUT2D eigenvalue weighted by atomic mass is 10.0. The number of nitrogens with two attached hydrogens (primary N) is 1. The lowest BCUT2D eigenvalue weighted by molar-refractivity contribution is -0.384. The number of nitro groups is 1. The second-order valence-electron chi connectivity index (χ2n) is 3.84. The SMILES string of the molecule is Nc1ccc([N+](=O)[O-])cc1C(=O)c1ccccc1Cl. The Morgan fingerprint density at radius 2 is 1.84 bits per heavy atom. The zero-order chi connectivity index (χ0) is 14.0. The minimum atomic E-state index is -0.581. The Morgan fingerprint density at radius 1 is 1.16 bits per heavy atom. The monoisotopic (exact) mass is 276 g/mol. The van der Waals surface area contributed by atoms with Crippen molar-refractivity contribution in [3.8, 4) is 0 Å². The molecule has 2 rings (SSSR count). The van der Waals surface area contributed by atoms with Crippen molar-refractivity contribution in [3.63, 3.8) is 0 Å². The van der Waals surface area contributed by atoms with E-state index >= 15 is 0 Å². The molecule has 0 saturated heterocycles. The number of hydrogen-bond donors (Lipinski definition) is 1. The predicted molar refractivity (Wildman–Crippen MR) is 72.4 cm³/mol. The Balaban J connectivity index is 2.53. The van der Waals surface area contributed by atoms with E-state index in [-0.39, 0.29) is 27.5 Å². The number of carbonyl (C=O) groups is 1. The molecule has 19 heavy (non-hydrogen) atoms. The van der Waals surface area contributed by atoms with Gasteiger partial charge in [-0.15, -0.1) is 0 Å². The number of nitro benzene ring substituents is 1. The summed E-state index contributed by atoms with van der Waals surface area (Å²) in [5.41, 5.74) is 6.01. The molecule has 0 aliphatic heterocycles. The summed E-state index contributed by atoms with van der Waals surface area (Å²) in [5.74, 6) is -0.438. The van der Waals surface area contributed by atoms with Gasteiger partial charge in [0.15, 0.2) is 5.78 Å². The summed E-state index contributed by atoms with van der Waals surface area (Å²) in [7, 11) is 0. The molecule has 0 radical (unpaired) electrons. The summed E-state index contributed by atoms with van der Waals surface area (Å²) >= 11 is 5.93. The molecule has 2 aromatic rings. The van der Waals surface area contributed by atoms with Crippen molar-refractivity contribution in [2.75, 3.05) is 5.73 Å². The maximum Gasteiger partial charge on any atom is 0.270 e. The number of carbonyl (C=O) groups excluding carboxylic acids is 1. The van der Waals surface area contributed by atoms with Crippen LogP contribution in [0.3, 0.4) is 0 Å². The molecule has 0 atom stereocenters. The van der Waals surface area contributed by atoms with Crippen molar-refractivity contribution in [2.24, 2.45) is 0 Å². The Bertz CT molecular complexity index is 671. The Kier molecular flexibility index (Phi) is 3.48. The van der Waals surface area contributed by atoms with E-state index in [4.69, 9.17) is 17.3 Å². The number of nitrogen functional groups attached to an aromatic ring is 1. The highest BCUT2D eigenvalue weighted by Gasteiger charge is 2.18. The molecule has 0 fully saturated rings. The quantitative estimate of drug-likeness (QED) is 0.404. The standard InChI is InChI=1S/C13H9ClN2O3/c14-11-4-2-1-3-9(11)13(17)10-7-8(16(18)19)5-6-12(10)15/h1-7H,15H2. The molecule has 0 bridgehead atoms. The van der Waals surface area contributed by atoms with Gasteiger partial charge in [0.2, 0.25) is 0 Å². The molecule has 2 N–H and O–H groups in total. The van der Waals surface area contributed by atoms with Gasteiger partial charge in [-0.3, -0.25) is 14.9 Å². The van der Waals surface area contributed by atoms with Gasteiger partial charge in [0.25, 0.3) is 5.69 Å². The van der Waals surface area contributed by atoms with Crippen molar-refractivity contribution in [3.05, 3.63) is 68.7 Å². The first-order chi connectivity index (χ1) is 9.00. The molecule has 0 aliphatic rings. The largest absolute Gasteiger partial charge is 0.398 e. The fourth-order valence-corrected chi connectivity index (χ4v) is 1.87. The van der Waals surface area contributed by atoms with Crippen molar-refractivity contribution >= 4 is 28.8 Å². The molecular weight excluding hydrogens is 268 g/mol. The summed E-state index contributed by atoms with van der Waals surface area (Å²) in [4.78, 5) is 22.4. The van der Waals surface area contributed by atoms with Crippen LogP contribution in [0.25, 0.3) is 0 Å². The van der Waals surface area contributed by atoms with Gasteiger partial charge < -0.3 is 5.73 Å². The van der Waals surface area contributed by atoms with Crippen LogP contribution >= 0.6 is 11.6 Å². The Hall–Kier alpha value is -2.40. The molecule has 2 aromatic carbocycles. The molecule has 6 heteroatoms. The van der Waals surface area contributed by atoms with Crippen LogP contribution in [0, 0.1) is 10.1 Å². The third kappa shape index (κ3) is 2.56. The smallest absolute Gasteiger partial charge is 0.270 e. The maximum atomic E-state index is 12.3. The van der Waals surface area contributed by atoms with E-state index in [0.29, 0.717) is 0 Å². The van der Waals surface area contributed by atoms with Crippen molar-refractivity contribution in [2.45, 2.75) is 0 Å². The van der Waals surface area contributed by atoms with Gasteiger partial charge in [0, 0.05) is 23.4 Å². The molecular formula is C13H9ClN2O3. The van der Waals surface area contributed by atoms with Crippen LogP contribution in [0.4, 0.5) is 11.4 Å². The summed E-state index contributed by atoms with van der Waals surface area (Å²) in [6.45, 7) is 0. The van der Waals surface area contributed by atoms with Gasteiger partial charge in [0.1, 0.15) is 0 Å². The zero-order valence-electron chi connectivity index (χ0n) is 9.67. The maximum absolute atomic E-state index is 12.3. The van der Waals surface area contributed by atoms with E-state index in [1.165, 1.54) is 12.1 Å². The molecule has 0 heterocycles. The van der Waals surface area contributed by atoms with Crippen LogP contribution < -0.4 is 5.73 Å². The van der Waals surface area contributed by atoms with Crippen molar-refractivity contribution in [1.29, 1.82) is 0 Å². The number of ketones is 1. The first kappa shape index (κ1) is 13.0. The second-order valence-corrected chi connectivity index (χ2v) is 4.24. The van der Waals surface area contributed by atoms with E-state index < -0.39 is 10.7 Å². The fourth-order valence-electron chi connectivity index (χ4n) is 1.64. The van der Waals surface area contributed by atoms with Gasteiger partial charge in [-0.25, -0.2) is 0 Å². The summed E-state index contributed by atoms with van der Waals surface area (Å²) in [6.07, 6.45) is 0. The molecule has 0 amide bonds. The second kappa shape index (κ2) is 5.07. The number of anilines is 1. The highest BCUT2D eigenvalue weighted by molar-refractivity contribution is 6.35. The van der Waals surface area contributed by atoms with Crippen LogP contribution in [0.2, 0.25) is 5.02 Å². The summed E-state index contributed by atoms with van der Waals surface area (Å²) in [5, 5.41) is 11.0. The van der Waals surface area contributed by atoms with E-state index in [1.54, 1.807) is 24.3 Å². The predicted octanol–water partition coefficient (Wildman–Crippen LogP) is 3.06. The Labute approximate surface area is 113 Å². The van der Waals surface area contributed by atoms with Crippen LogP contribution in [0.1, 0.15) is 15.9 Å². The summed E-state index contributed by atoms with van der Waals surface area (Å²) in [6, 6.07) is 10.2. The molecule has 0 spiro atoms. The summed E-state index contributed by atoms with van der Waals surface area (Å²) < 4.78 is 0. The number of non-ortho nitro benzene ring substituents is 1. The lowest BCUT2D eigenvalue weighted by Crippen LogP contribution is -2.06. The molecule has 0 aromatic heterocycles. The number of hydrogen-bond acceptors (Lipinski definition) is 4. The third-order valence-corrected chi connectivity index (χ3v) is 2.94. The van der Waals surface area contributed by atoms with Crippen LogP contribution in [-0.2, 0) is 0 Å². The number of halogens is 1. The van der Waals surface area contributed by atoms with Crippen LogP contribution in [0.5, 0.6) is 0 Å². The van der Waals surface area contributed by atoms with Crippen LogP contribution in [0.15, 0.2) is 42.5 Å². The molecule has 0 unspecified atom stereocenters. The van der Waals surface area contributed by atoms with E-state index in [2.05, 4.69) is 0 Å². The van der Waals surface area contributed by atoms with Gasteiger partial charge in [0.05, 0.1) is 15.5 Å². The minimum Gasteiger partial charge on any atom is -0.398 e. The van der Waals surface area contributed by atoms with Crippen LogP contribution in [-0.4, -0.2) is 10.7 Å². The first-order valence-electron chi connectivity index (χ1n) is 5.34. The van der Waals surface area contributed by atoms with Gasteiger partial charge in [-0.2, -0.15) is 0 Å². The van der Waals surface area contributed by atoms with Gasteiger partial charge in [-0.05, 0) is 18.2 Å². The first-order valence-corrected chi connectivity index (χ1v) is 5.71. The molecule has 0 aliphatic carbocycles. The normalized spacial score (nSPS) is 10.2. The third-order valence-electron chi connectivity index (χ3n) is 2.61. The minimum absolute atomic E-state index is 0.0716. The average Bonchev–Trinajstić information content (AvgIpc) is 2.38. The molecule has 96 valence electrons. The molecule has 5 nitrogen and oxygen atoms in total. The highest BCUT2D eigenvalue weighted by atomic mass is 35.5. The van der Waals surface area contributed by atoms with E-state index in [9.17, 15) is 14.9 Å². The highest BCUT2D eigenvalue weighted by Crippen LogP contribution is 2.25. The van der Waals surface area contributed by atoms with Crippen molar-refractivity contribution < 1.29 is 9.72 Å². The Morgan fingerprint density at radius 3 is 2.47 bits per heavy atom. The van der Waals surface area contributed by atoms with E-state index in [0.717, 1.165) is 6.07 Å². The average molecular weight is 277 g/mol. The fraction of sp³-hybridized carbons (Fsp3) is 0. The van der Waals surface area contributed by atoms with Crippen molar-refractivity contribution in [1.82, 2.24) is 0 Å². The van der Waals surface area contributed by atoms with Gasteiger partial charge >= 0.3 is 0 Å². The topological polar surface area (TPSA) is 86.2 Å². The number of benzene rings is 2. The number of rotatable bonds is 3. The van der Waals surface area contributed by atoms with E-state index in [1.807, 2.05) is 0 Å². The number of nitrogens with zero attached hydrogens (tertiary/aromatic N) is 1.